The van der Waals surface area contributed by atoms with E-state index in [-0.39, 0.29) is 11.5 Å². The largest absolute Gasteiger partial charge is 0.507 e. The van der Waals surface area contributed by atoms with Crippen LogP contribution in [0.5, 0.6) is 11.5 Å². The monoisotopic (exact) mass is 836 g/mol. The Morgan fingerprint density at radius 2 is 0.470 bits per heavy atom. The molecule has 0 heterocycles. The lowest BCUT2D eigenvalue weighted by molar-refractivity contribution is 0.481. The fourth-order valence-corrected chi connectivity index (χ4v) is 12.4. The molecule has 2 aliphatic carbocycles. The van der Waals surface area contributed by atoms with Crippen LogP contribution in [0.4, 0.5) is 0 Å². The number of hydrogen-bond acceptors (Lipinski definition) is 2. The minimum Gasteiger partial charge on any atom is -0.507 e. The molecular weight excluding hydrogens is 801 g/mol. The van der Waals surface area contributed by atoms with Gasteiger partial charge in [0.2, 0.25) is 0 Å². The van der Waals surface area contributed by atoms with Gasteiger partial charge in [0.1, 0.15) is 11.5 Å². The van der Waals surface area contributed by atoms with E-state index in [0.717, 1.165) is 110 Å². The second-order valence-electron chi connectivity index (χ2n) is 18.0. The number of fused-ring (bicyclic) bond motifs is 10. The fourth-order valence-electron chi connectivity index (χ4n) is 12.4. The summed E-state index contributed by atoms with van der Waals surface area (Å²) < 4.78 is 0. The van der Waals surface area contributed by atoms with Gasteiger partial charge in [0.15, 0.2) is 0 Å². The van der Waals surface area contributed by atoms with Crippen LogP contribution in [0.15, 0.2) is 206 Å². The van der Waals surface area contributed by atoms with Crippen LogP contribution in [-0.2, 0) is 0 Å². The summed E-state index contributed by atoms with van der Waals surface area (Å²) in [7, 11) is 0. The van der Waals surface area contributed by atoms with Crippen LogP contribution in [0.3, 0.4) is 0 Å². The summed E-state index contributed by atoms with van der Waals surface area (Å²) in [6, 6.07) is 73.4. The first-order valence-corrected chi connectivity index (χ1v) is 22.7. The summed E-state index contributed by atoms with van der Waals surface area (Å²) in [6.45, 7) is 0. The van der Waals surface area contributed by atoms with E-state index in [9.17, 15) is 10.2 Å². The SMILES string of the molecule is Oc1cc2c3c(ccc4c5c(O)cc6c7c(ccc(c1c34)c75)-c1c-6c(-c3ccccc3)c3ccccc3c1-c1ccccc1)-c1c-2c(-c2ccccc2)c2ccccc2c1-c1ccccc1. The molecule has 0 unspecified atom stereocenters. The molecule has 0 spiro atoms. The van der Waals surface area contributed by atoms with Gasteiger partial charge in [0.25, 0.3) is 0 Å². The number of hydrogen-bond donors (Lipinski definition) is 2. The highest BCUT2D eigenvalue weighted by Gasteiger charge is 2.36. The summed E-state index contributed by atoms with van der Waals surface area (Å²) in [4.78, 5) is 0. The van der Waals surface area contributed by atoms with Crippen molar-refractivity contribution in [3.8, 4) is 101 Å². The summed E-state index contributed by atoms with van der Waals surface area (Å²) in [5, 5.41) is 38.0. The molecule has 0 aromatic heterocycles. The van der Waals surface area contributed by atoms with Crippen molar-refractivity contribution in [3.05, 3.63) is 206 Å². The molecule has 2 N–H and O–H groups in total. The van der Waals surface area contributed by atoms with Crippen LogP contribution in [0.2, 0.25) is 0 Å². The third kappa shape index (κ3) is 4.45. The first-order chi connectivity index (χ1) is 32.7. The molecule has 0 fully saturated rings. The van der Waals surface area contributed by atoms with Crippen molar-refractivity contribution in [1.29, 1.82) is 0 Å². The molecule has 2 aliphatic rings. The van der Waals surface area contributed by atoms with Crippen molar-refractivity contribution in [2.75, 3.05) is 0 Å². The van der Waals surface area contributed by atoms with Crippen molar-refractivity contribution in [2.45, 2.75) is 0 Å². The maximum atomic E-state index is 12.8. The van der Waals surface area contributed by atoms with E-state index >= 15 is 0 Å². The minimum atomic E-state index is 0.235. The van der Waals surface area contributed by atoms with Gasteiger partial charge in [-0.05, 0) is 144 Å². The van der Waals surface area contributed by atoms with Gasteiger partial charge in [0, 0.05) is 21.5 Å². The van der Waals surface area contributed by atoms with Gasteiger partial charge in [-0.2, -0.15) is 0 Å². The lowest BCUT2D eigenvalue weighted by atomic mass is 9.82. The van der Waals surface area contributed by atoms with Crippen molar-refractivity contribution in [1.82, 2.24) is 0 Å². The second-order valence-corrected chi connectivity index (χ2v) is 18.0. The first kappa shape index (κ1) is 35.7. The molecule has 0 amide bonds. The molecule has 13 aromatic rings. The highest BCUT2D eigenvalue weighted by molar-refractivity contribution is 6.44. The van der Waals surface area contributed by atoms with Gasteiger partial charge in [0.05, 0.1) is 0 Å². The minimum absolute atomic E-state index is 0.235. The predicted molar refractivity (Wildman–Crippen MR) is 277 cm³/mol. The summed E-state index contributed by atoms with van der Waals surface area (Å²) in [6.07, 6.45) is 0. The number of aromatic hydroxyl groups is 2. The lowest BCUT2D eigenvalue weighted by Gasteiger charge is -2.20. The molecule has 0 aliphatic heterocycles. The van der Waals surface area contributed by atoms with Gasteiger partial charge in [-0.1, -0.05) is 194 Å². The zero-order valence-corrected chi connectivity index (χ0v) is 35.5. The molecule has 13 aromatic carbocycles. The number of phenols is 2. The smallest absolute Gasteiger partial charge is 0.124 e. The first-order valence-electron chi connectivity index (χ1n) is 22.7. The number of benzene rings is 13. The van der Waals surface area contributed by atoms with Crippen LogP contribution < -0.4 is 0 Å². The Morgan fingerprint density at radius 3 is 0.773 bits per heavy atom. The standard InChI is InChI=1S/C64H36O2/c65-49-33-47-55-43(59-51(35-17-5-1-6-18-35)39-25-13-15-27-41(39)53(63(47)59)37-21-9-3-10-22-37)29-31-45-58-50(66)34-48-56-44(30-32-46(62(56)58)57(49)61(45)55)60-52(36-19-7-2-8-20-36)40-26-14-16-28-42(40)54(64(48)60)38-23-11-4-12-24-38/h1-34,65-66H. The number of rotatable bonds is 4. The fraction of sp³-hybridized carbons (Fsp3) is 0. The maximum absolute atomic E-state index is 12.8. The van der Waals surface area contributed by atoms with Crippen LogP contribution >= 0.6 is 0 Å². The Morgan fingerprint density at radius 1 is 0.197 bits per heavy atom. The Kier molecular flexibility index (Phi) is 7.00. The molecule has 0 saturated heterocycles. The molecule has 304 valence electrons. The van der Waals surface area contributed by atoms with E-state index in [1.165, 1.54) is 43.8 Å². The zero-order chi connectivity index (χ0) is 43.4. The Balaban J connectivity index is 1.11. The van der Waals surface area contributed by atoms with E-state index < -0.39 is 0 Å². The second kappa shape index (κ2) is 12.9. The van der Waals surface area contributed by atoms with Crippen LogP contribution in [0.1, 0.15) is 0 Å². The van der Waals surface area contributed by atoms with E-state index in [1.54, 1.807) is 0 Å². The molecule has 15 rings (SSSR count). The molecular formula is C64H36O2. The highest BCUT2D eigenvalue weighted by atomic mass is 16.3. The average molecular weight is 837 g/mol. The third-order valence-corrected chi connectivity index (χ3v) is 14.8. The quantitative estimate of drug-likeness (QED) is 0.137. The topological polar surface area (TPSA) is 40.5 Å². The van der Waals surface area contributed by atoms with Crippen LogP contribution in [0, 0.1) is 0 Å². The van der Waals surface area contributed by atoms with E-state index in [2.05, 4.69) is 194 Å². The molecule has 0 saturated carbocycles. The van der Waals surface area contributed by atoms with Gasteiger partial charge in [-0.3, -0.25) is 0 Å². The Bertz CT molecular complexity index is 3970. The van der Waals surface area contributed by atoms with Crippen LogP contribution in [0.25, 0.3) is 154 Å². The van der Waals surface area contributed by atoms with Crippen molar-refractivity contribution in [2.24, 2.45) is 0 Å². The third-order valence-electron chi connectivity index (χ3n) is 14.8. The average Bonchev–Trinajstić information content (AvgIpc) is 3.87. The maximum Gasteiger partial charge on any atom is 0.124 e. The summed E-state index contributed by atoms with van der Waals surface area (Å²) in [5.41, 5.74) is 18.1. The van der Waals surface area contributed by atoms with E-state index in [4.69, 9.17) is 0 Å². The van der Waals surface area contributed by atoms with Gasteiger partial charge in [-0.15, -0.1) is 0 Å². The molecule has 66 heavy (non-hydrogen) atoms. The zero-order valence-electron chi connectivity index (χ0n) is 35.5. The van der Waals surface area contributed by atoms with Crippen LogP contribution in [-0.4, -0.2) is 10.2 Å². The van der Waals surface area contributed by atoms with Crippen molar-refractivity contribution >= 4 is 64.6 Å². The van der Waals surface area contributed by atoms with Crippen molar-refractivity contribution in [3.63, 3.8) is 0 Å². The van der Waals surface area contributed by atoms with E-state index in [1.807, 2.05) is 12.1 Å². The molecule has 2 heteroatoms. The highest BCUT2D eigenvalue weighted by Crippen LogP contribution is 2.64. The van der Waals surface area contributed by atoms with Gasteiger partial charge >= 0.3 is 0 Å². The molecule has 2 nitrogen and oxygen atoms in total. The Labute approximate surface area is 379 Å². The predicted octanol–water partition coefficient (Wildman–Crippen LogP) is 17.4. The van der Waals surface area contributed by atoms with Gasteiger partial charge < -0.3 is 10.2 Å². The van der Waals surface area contributed by atoms with Crippen molar-refractivity contribution < 1.29 is 10.2 Å². The molecule has 0 radical (unpaired) electrons. The lowest BCUT2D eigenvalue weighted by Crippen LogP contribution is -1.93. The van der Waals surface area contributed by atoms with E-state index in [0.29, 0.717) is 0 Å². The molecule has 0 bridgehead atoms. The summed E-state index contributed by atoms with van der Waals surface area (Å²) >= 11 is 0. The normalized spacial score (nSPS) is 12.4. The summed E-state index contributed by atoms with van der Waals surface area (Å²) in [5.74, 6) is 0.471. The number of phenolic OH excluding ortho intramolecular Hbond substituents is 2. The Hall–Kier alpha value is -8.72. The molecule has 0 atom stereocenters. The van der Waals surface area contributed by atoms with Gasteiger partial charge in [-0.25, -0.2) is 0 Å².